The Bertz CT molecular complexity index is 3370. The summed E-state index contributed by atoms with van der Waals surface area (Å²) in [5, 5.41) is 5.95. The molecular weight excluding hydrogens is 987 g/mol. The average molecular weight is 1040 g/mol. The van der Waals surface area contributed by atoms with E-state index in [-0.39, 0.29) is 20.1 Å². The summed E-state index contributed by atoms with van der Waals surface area (Å²) in [7, 11) is -1.34. The van der Waals surface area contributed by atoms with Crippen LogP contribution in [0.5, 0.6) is 0 Å². The first-order valence-electron chi connectivity index (χ1n) is 22.2. The zero-order valence-corrected chi connectivity index (χ0v) is 40.7. The van der Waals surface area contributed by atoms with Gasteiger partial charge in [-0.3, -0.25) is 4.98 Å². The Morgan fingerprint density at radius 1 is 0.615 bits per heavy atom. The number of pyridine rings is 1. The summed E-state index contributed by atoms with van der Waals surface area (Å²) in [4.78, 5) is 10.0. The smallest absolute Gasteiger partial charge is 0.120 e. The normalized spacial score (nSPS) is 11.5. The summed E-state index contributed by atoms with van der Waals surface area (Å²) in [5.41, 5.74) is 13.9. The predicted molar refractivity (Wildman–Crippen MR) is 271 cm³/mol. The molecule has 0 amide bonds. The van der Waals surface area contributed by atoms with E-state index in [0.717, 1.165) is 95.4 Å². The van der Waals surface area contributed by atoms with Gasteiger partial charge < -0.3 is 14.0 Å². The van der Waals surface area contributed by atoms with Crippen LogP contribution < -0.4 is 5.19 Å². The first-order valence-corrected chi connectivity index (χ1v) is 25.7. The van der Waals surface area contributed by atoms with E-state index in [1.54, 1.807) is 0 Å². The van der Waals surface area contributed by atoms with Crippen LogP contribution in [0.4, 0.5) is 0 Å². The summed E-state index contributed by atoms with van der Waals surface area (Å²) in [6, 6.07) is 70.2. The molecular formula is C59H49IrN3OSi-2. The van der Waals surface area contributed by atoms with Crippen molar-refractivity contribution in [3.63, 3.8) is 0 Å². The molecule has 0 aliphatic heterocycles. The number of furan rings is 1. The Hall–Kier alpha value is -6.69. The summed E-state index contributed by atoms with van der Waals surface area (Å²) >= 11 is 0. The van der Waals surface area contributed by atoms with Gasteiger partial charge >= 0.3 is 0 Å². The number of hydrogen-bond donors (Lipinski definition) is 0. The van der Waals surface area contributed by atoms with Crippen LogP contribution in [-0.4, -0.2) is 22.6 Å². The molecule has 8 aromatic carbocycles. The van der Waals surface area contributed by atoms with Gasteiger partial charge in [-0.1, -0.05) is 178 Å². The maximum atomic E-state index is 6.17. The summed E-state index contributed by atoms with van der Waals surface area (Å²) < 4.78 is 8.53. The molecule has 0 N–H and O–H groups in total. The predicted octanol–water partition coefficient (Wildman–Crippen LogP) is 15.2. The Balaban J connectivity index is 0.000000215. The number of fused-ring (bicyclic) bond motifs is 6. The van der Waals surface area contributed by atoms with Crippen molar-refractivity contribution in [3.05, 3.63) is 206 Å². The average Bonchev–Trinajstić information content (AvgIpc) is 3.91. The Kier molecular flexibility index (Phi) is 12.3. The zero-order chi connectivity index (χ0) is 43.8. The maximum Gasteiger partial charge on any atom is 0.120 e. The van der Waals surface area contributed by atoms with Crippen molar-refractivity contribution in [2.24, 2.45) is 5.92 Å². The Morgan fingerprint density at radius 3 is 1.95 bits per heavy atom. The fraction of sp³-hybridized carbons (Fsp3) is 0.119. The molecule has 65 heavy (non-hydrogen) atoms. The number of imidazole rings is 1. The zero-order valence-electron chi connectivity index (χ0n) is 37.3. The molecule has 3 aromatic heterocycles. The van der Waals surface area contributed by atoms with Gasteiger partial charge in [0, 0.05) is 48.2 Å². The molecule has 0 unspecified atom stereocenters. The molecule has 0 atom stereocenters. The van der Waals surface area contributed by atoms with Gasteiger partial charge in [-0.2, -0.15) is 0 Å². The van der Waals surface area contributed by atoms with Gasteiger partial charge in [-0.15, -0.1) is 59.7 Å². The number of benzene rings is 8. The molecule has 0 bridgehead atoms. The fourth-order valence-electron chi connectivity index (χ4n) is 9.00. The number of rotatable bonds is 8. The minimum Gasteiger partial charge on any atom is -0.500 e. The first kappa shape index (κ1) is 43.6. The minimum atomic E-state index is -1.34. The second-order valence-electron chi connectivity index (χ2n) is 17.9. The van der Waals surface area contributed by atoms with Gasteiger partial charge in [-0.25, -0.2) is 0 Å². The van der Waals surface area contributed by atoms with Crippen LogP contribution in [0.1, 0.15) is 19.4 Å². The van der Waals surface area contributed by atoms with Gasteiger partial charge in [0.2, 0.25) is 0 Å². The third-order valence-electron chi connectivity index (χ3n) is 11.9. The van der Waals surface area contributed by atoms with E-state index >= 15 is 0 Å². The molecule has 0 saturated carbocycles. The maximum absolute atomic E-state index is 6.17. The van der Waals surface area contributed by atoms with Crippen LogP contribution in [-0.2, 0) is 26.5 Å². The van der Waals surface area contributed by atoms with Crippen molar-refractivity contribution < 1.29 is 24.5 Å². The summed E-state index contributed by atoms with van der Waals surface area (Å²) in [6.07, 6.45) is 3.24. The van der Waals surface area contributed by atoms with Gasteiger partial charge in [0.15, 0.2) is 0 Å². The molecule has 0 fully saturated rings. The fourth-order valence-corrected chi connectivity index (χ4v) is 10.6. The number of aromatic nitrogens is 3. The monoisotopic (exact) mass is 1040 g/mol. The van der Waals surface area contributed by atoms with E-state index in [4.69, 9.17) is 9.40 Å². The largest absolute Gasteiger partial charge is 0.500 e. The van der Waals surface area contributed by atoms with Crippen molar-refractivity contribution in [2.75, 3.05) is 0 Å². The van der Waals surface area contributed by atoms with E-state index in [9.17, 15) is 0 Å². The standard InChI is InChI=1S/C41H25N2O.C18H24NSi.Ir/c1-3-12-27(13-4-1)31-19-11-20-32(28-14-5-2-6-15-28)39(31)43-40-33-17-8-7-16-29(33)22-24-36(40)42-41(43)30-23-25-38-35(26-30)34-18-9-10-21-37(34)44-38;1-14(2)11-16-12-17(15-9-7-6-8-10-15)19-13-18(16)20(3,4)5;/h1-22,24-26H;6-9,12-14H,11H2,1-5H3;/q2*-1;. The van der Waals surface area contributed by atoms with Crippen LogP contribution in [0.2, 0.25) is 19.6 Å². The van der Waals surface area contributed by atoms with E-state index in [0.29, 0.717) is 5.92 Å². The third kappa shape index (κ3) is 8.66. The van der Waals surface area contributed by atoms with E-state index < -0.39 is 8.07 Å². The van der Waals surface area contributed by atoms with Crippen molar-refractivity contribution in [1.29, 1.82) is 0 Å². The second kappa shape index (κ2) is 18.4. The number of hydrogen-bond acceptors (Lipinski definition) is 3. The topological polar surface area (TPSA) is 43.9 Å². The second-order valence-corrected chi connectivity index (χ2v) is 23.0. The molecule has 11 rings (SSSR count). The summed E-state index contributed by atoms with van der Waals surface area (Å²) in [6.45, 7) is 11.7. The molecule has 4 nitrogen and oxygen atoms in total. The van der Waals surface area contributed by atoms with Crippen LogP contribution >= 0.6 is 0 Å². The van der Waals surface area contributed by atoms with Crippen LogP contribution in [0.15, 0.2) is 193 Å². The van der Waals surface area contributed by atoms with Crippen molar-refractivity contribution in [3.8, 4) is 50.6 Å². The first-order chi connectivity index (χ1) is 31.2. The van der Waals surface area contributed by atoms with Crippen molar-refractivity contribution in [2.45, 2.75) is 39.9 Å². The van der Waals surface area contributed by atoms with Gasteiger partial charge in [0.25, 0.3) is 0 Å². The van der Waals surface area contributed by atoms with Crippen LogP contribution in [0, 0.1) is 18.1 Å². The SMILES string of the molecule is CC(C)Cc1cc(-c2[c-]cccc2)ncc1[Si](C)(C)C.[Ir].[c-]1cc2oc3ccccc3c2cc1-c1nc2ccc3ccccc3c2n1-c1c(-c2ccccc2)cccc1-c1ccccc1. The van der Waals surface area contributed by atoms with Gasteiger partial charge in [0.1, 0.15) is 5.58 Å². The van der Waals surface area contributed by atoms with Crippen molar-refractivity contribution in [1.82, 2.24) is 14.5 Å². The summed E-state index contributed by atoms with van der Waals surface area (Å²) in [5.74, 6) is 1.50. The van der Waals surface area contributed by atoms with Crippen LogP contribution in [0.3, 0.4) is 0 Å². The molecule has 6 heteroatoms. The van der Waals surface area contributed by atoms with Gasteiger partial charge in [0.05, 0.1) is 36.2 Å². The number of nitrogens with zero attached hydrogens (tertiary/aromatic N) is 3. The van der Waals surface area contributed by atoms with E-state index in [2.05, 4.69) is 207 Å². The molecule has 0 spiro atoms. The molecule has 321 valence electrons. The van der Waals surface area contributed by atoms with Crippen LogP contribution in [0.25, 0.3) is 94.3 Å². The third-order valence-corrected chi connectivity index (χ3v) is 14.0. The van der Waals surface area contributed by atoms with E-state index in [1.807, 2.05) is 36.4 Å². The molecule has 11 aromatic rings. The Labute approximate surface area is 396 Å². The molecule has 0 saturated heterocycles. The minimum absolute atomic E-state index is 0. The Morgan fingerprint density at radius 2 is 1.28 bits per heavy atom. The number of para-hydroxylation sites is 2. The molecule has 1 radical (unpaired) electrons. The quantitative estimate of drug-likeness (QED) is 0.113. The van der Waals surface area contributed by atoms with Gasteiger partial charge in [-0.05, 0) is 51.9 Å². The van der Waals surface area contributed by atoms with Crippen molar-refractivity contribution >= 4 is 57.0 Å². The molecule has 0 aliphatic rings. The molecule has 0 aliphatic carbocycles. The molecule has 3 heterocycles. The van der Waals surface area contributed by atoms with E-state index in [1.165, 1.54) is 16.1 Å².